The molecular formula is C18H27NOS. The number of benzene rings is 1. The fraction of sp³-hybridized carbons (Fsp3) is 0.611. The molecule has 3 heteroatoms. The molecule has 2 rings (SSSR count). The van der Waals surface area contributed by atoms with E-state index >= 15 is 0 Å². The topological polar surface area (TPSA) is 29.1 Å². The number of carbonyl (C=O) groups excluding carboxylic acids is 1. The molecule has 0 spiro atoms. The molecule has 116 valence electrons. The lowest BCUT2D eigenvalue weighted by Crippen LogP contribution is -2.35. The molecule has 0 atom stereocenters. The molecule has 0 heterocycles. The first-order chi connectivity index (χ1) is 10.2. The van der Waals surface area contributed by atoms with Gasteiger partial charge in [0.05, 0.1) is 0 Å². The summed E-state index contributed by atoms with van der Waals surface area (Å²) in [7, 11) is 0. The van der Waals surface area contributed by atoms with Crippen molar-refractivity contribution in [2.24, 2.45) is 0 Å². The minimum atomic E-state index is 0.222. The highest BCUT2D eigenvalue weighted by molar-refractivity contribution is 7.99. The van der Waals surface area contributed by atoms with E-state index < -0.39 is 0 Å². The van der Waals surface area contributed by atoms with Crippen LogP contribution in [0.4, 0.5) is 0 Å². The minimum absolute atomic E-state index is 0.222. The first-order valence-corrected chi connectivity index (χ1v) is 9.21. The van der Waals surface area contributed by atoms with Crippen LogP contribution in [-0.2, 0) is 4.79 Å². The summed E-state index contributed by atoms with van der Waals surface area (Å²) in [5, 5.41) is 3.23. The van der Waals surface area contributed by atoms with Crippen molar-refractivity contribution >= 4 is 17.7 Å². The number of nitrogens with one attached hydrogen (secondary N) is 1. The van der Waals surface area contributed by atoms with E-state index in [4.69, 9.17) is 0 Å². The highest BCUT2D eigenvalue weighted by Crippen LogP contribution is 2.20. The molecule has 1 aromatic carbocycles. The van der Waals surface area contributed by atoms with Crippen LogP contribution in [-0.4, -0.2) is 17.7 Å². The van der Waals surface area contributed by atoms with Crippen molar-refractivity contribution in [1.82, 2.24) is 5.32 Å². The molecule has 0 unspecified atom stereocenters. The van der Waals surface area contributed by atoms with E-state index in [2.05, 4.69) is 36.5 Å². The van der Waals surface area contributed by atoms with Gasteiger partial charge in [-0.25, -0.2) is 0 Å². The largest absolute Gasteiger partial charge is 0.353 e. The number of rotatable bonds is 5. The number of thioether (sulfide) groups is 1. The molecular weight excluding hydrogens is 278 g/mol. The first kappa shape index (κ1) is 16.4. The summed E-state index contributed by atoms with van der Waals surface area (Å²) < 4.78 is 0. The monoisotopic (exact) mass is 305 g/mol. The van der Waals surface area contributed by atoms with Crippen LogP contribution in [0.3, 0.4) is 0 Å². The predicted molar refractivity (Wildman–Crippen MR) is 90.8 cm³/mol. The van der Waals surface area contributed by atoms with E-state index in [9.17, 15) is 4.79 Å². The average Bonchev–Trinajstić information content (AvgIpc) is 2.44. The van der Waals surface area contributed by atoms with Crippen molar-refractivity contribution in [3.63, 3.8) is 0 Å². The van der Waals surface area contributed by atoms with Gasteiger partial charge < -0.3 is 5.32 Å². The van der Waals surface area contributed by atoms with E-state index in [0.29, 0.717) is 12.5 Å². The molecule has 1 saturated carbocycles. The summed E-state index contributed by atoms with van der Waals surface area (Å²) in [5.41, 5.74) is 1.28. The number of amides is 1. The van der Waals surface area contributed by atoms with Crippen molar-refractivity contribution in [2.75, 3.05) is 5.75 Å². The maximum absolute atomic E-state index is 12.0. The molecule has 2 nitrogen and oxygen atoms in total. The van der Waals surface area contributed by atoms with Crippen molar-refractivity contribution in [3.8, 4) is 0 Å². The van der Waals surface area contributed by atoms with Crippen LogP contribution in [0.5, 0.6) is 0 Å². The number of hydrogen-bond donors (Lipinski definition) is 1. The van der Waals surface area contributed by atoms with Gasteiger partial charge in [-0.15, -0.1) is 11.8 Å². The second-order valence-corrected chi connectivity index (χ2v) is 7.19. The van der Waals surface area contributed by atoms with Gasteiger partial charge in [-0.05, 0) is 31.9 Å². The Morgan fingerprint density at radius 3 is 2.38 bits per heavy atom. The van der Waals surface area contributed by atoms with Gasteiger partial charge in [-0.1, -0.05) is 49.8 Å². The van der Waals surface area contributed by atoms with E-state index in [0.717, 1.165) is 18.6 Å². The van der Waals surface area contributed by atoms with Gasteiger partial charge in [0.15, 0.2) is 0 Å². The summed E-state index contributed by atoms with van der Waals surface area (Å²) in [6.45, 7) is 2.09. The Hall–Kier alpha value is -0.960. The summed E-state index contributed by atoms with van der Waals surface area (Å²) in [5.74, 6) is 1.09. The minimum Gasteiger partial charge on any atom is -0.353 e. The highest BCUT2D eigenvalue weighted by Gasteiger charge is 2.13. The van der Waals surface area contributed by atoms with Gasteiger partial charge in [0.25, 0.3) is 0 Å². The highest BCUT2D eigenvalue weighted by atomic mass is 32.2. The SMILES string of the molecule is Cc1ccc(SCCC(=O)NC2CCCCCCC2)cc1. The van der Waals surface area contributed by atoms with Crippen LogP contribution in [0.15, 0.2) is 29.2 Å². The van der Waals surface area contributed by atoms with Crippen LogP contribution in [0.25, 0.3) is 0 Å². The van der Waals surface area contributed by atoms with Crippen LogP contribution < -0.4 is 5.32 Å². The maximum Gasteiger partial charge on any atom is 0.221 e. The Labute approximate surface area is 133 Å². The molecule has 1 aromatic rings. The summed E-state index contributed by atoms with van der Waals surface area (Å²) in [6, 6.07) is 8.93. The van der Waals surface area contributed by atoms with E-state index in [1.807, 2.05) is 0 Å². The van der Waals surface area contributed by atoms with Crippen molar-refractivity contribution in [3.05, 3.63) is 29.8 Å². The van der Waals surface area contributed by atoms with Gasteiger partial charge in [0.1, 0.15) is 0 Å². The van der Waals surface area contributed by atoms with Crippen LogP contribution in [0, 0.1) is 6.92 Å². The lowest BCUT2D eigenvalue weighted by atomic mass is 9.97. The summed E-state index contributed by atoms with van der Waals surface area (Å²) >= 11 is 1.77. The summed E-state index contributed by atoms with van der Waals surface area (Å²) in [6.07, 6.45) is 9.51. The second-order valence-electron chi connectivity index (χ2n) is 6.02. The molecule has 1 aliphatic carbocycles. The zero-order valence-electron chi connectivity index (χ0n) is 13.1. The van der Waals surface area contributed by atoms with Crippen LogP contribution in [0.1, 0.15) is 56.9 Å². The molecule has 0 saturated heterocycles. The van der Waals surface area contributed by atoms with Crippen molar-refractivity contribution < 1.29 is 4.79 Å². The Balaban J connectivity index is 1.65. The standard InChI is InChI=1S/C18H27NOS/c1-15-9-11-17(12-10-15)21-14-13-18(20)19-16-7-5-3-2-4-6-8-16/h9-12,16H,2-8,13-14H2,1H3,(H,19,20). The van der Waals surface area contributed by atoms with E-state index in [1.54, 1.807) is 11.8 Å². The quantitative estimate of drug-likeness (QED) is 0.798. The fourth-order valence-corrected chi connectivity index (χ4v) is 3.65. The lowest BCUT2D eigenvalue weighted by Gasteiger charge is -2.21. The number of hydrogen-bond acceptors (Lipinski definition) is 2. The van der Waals surface area contributed by atoms with Crippen molar-refractivity contribution in [2.45, 2.75) is 69.2 Å². The Kier molecular flexibility index (Phi) is 7.14. The van der Waals surface area contributed by atoms with E-state index in [-0.39, 0.29) is 5.91 Å². The van der Waals surface area contributed by atoms with Crippen LogP contribution >= 0.6 is 11.8 Å². The number of aryl methyl sites for hydroxylation is 1. The molecule has 1 N–H and O–H groups in total. The molecule has 1 fully saturated rings. The molecule has 1 aliphatic rings. The third-order valence-electron chi connectivity index (χ3n) is 4.09. The van der Waals surface area contributed by atoms with Gasteiger partial charge in [0.2, 0.25) is 5.91 Å². The smallest absolute Gasteiger partial charge is 0.221 e. The maximum atomic E-state index is 12.0. The van der Waals surface area contributed by atoms with Gasteiger partial charge in [-0.3, -0.25) is 4.79 Å². The zero-order chi connectivity index (χ0) is 14.9. The van der Waals surface area contributed by atoms with Gasteiger partial charge >= 0.3 is 0 Å². The van der Waals surface area contributed by atoms with Gasteiger partial charge in [0, 0.05) is 23.1 Å². The van der Waals surface area contributed by atoms with E-state index in [1.165, 1.54) is 42.6 Å². The van der Waals surface area contributed by atoms with Crippen LogP contribution in [0.2, 0.25) is 0 Å². The fourth-order valence-electron chi connectivity index (χ4n) is 2.80. The zero-order valence-corrected chi connectivity index (χ0v) is 13.9. The Morgan fingerprint density at radius 2 is 1.71 bits per heavy atom. The molecule has 21 heavy (non-hydrogen) atoms. The molecule has 0 radical (unpaired) electrons. The molecule has 0 aliphatic heterocycles. The normalized spacial score (nSPS) is 17.0. The Bertz CT molecular complexity index is 421. The first-order valence-electron chi connectivity index (χ1n) is 8.23. The lowest BCUT2D eigenvalue weighted by molar-refractivity contribution is -0.121. The summed E-state index contributed by atoms with van der Waals surface area (Å²) in [4.78, 5) is 13.3. The van der Waals surface area contributed by atoms with Crippen molar-refractivity contribution in [1.29, 1.82) is 0 Å². The second kappa shape index (κ2) is 9.14. The van der Waals surface area contributed by atoms with Gasteiger partial charge in [-0.2, -0.15) is 0 Å². The average molecular weight is 305 g/mol. The predicted octanol–water partition coefficient (Wildman–Crippen LogP) is 4.71. The molecule has 1 amide bonds. The molecule has 0 bridgehead atoms. The number of carbonyl (C=O) groups is 1. The Morgan fingerprint density at radius 1 is 1.10 bits per heavy atom. The third-order valence-corrected chi connectivity index (χ3v) is 5.10. The third kappa shape index (κ3) is 6.56. The molecule has 0 aromatic heterocycles.